The summed E-state index contributed by atoms with van der Waals surface area (Å²) in [5, 5.41) is 0.717. The third-order valence-corrected chi connectivity index (χ3v) is 4.45. The standard InChI is InChI=1S/C10H20N2OS/c1-2-9(10(13)12-11)14-8-6-4-3-5-7-8/h8-9H,2-7,11H2,1H3,(H,12,13). The van der Waals surface area contributed by atoms with Gasteiger partial charge < -0.3 is 0 Å². The molecule has 3 nitrogen and oxygen atoms in total. The molecule has 82 valence electrons. The molecule has 0 saturated heterocycles. The van der Waals surface area contributed by atoms with Gasteiger partial charge in [-0.1, -0.05) is 26.2 Å². The number of carbonyl (C=O) groups excluding carboxylic acids is 1. The molecule has 0 bridgehead atoms. The second kappa shape index (κ2) is 6.30. The van der Waals surface area contributed by atoms with Crippen LogP contribution in [0, 0.1) is 0 Å². The lowest BCUT2D eigenvalue weighted by atomic mass is 10.0. The summed E-state index contributed by atoms with van der Waals surface area (Å²) in [6.45, 7) is 2.04. The Morgan fingerprint density at radius 3 is 2.64 bits per heavy atom. The Hall–Kier alpha value is -0.220. The number of hydrogen-bond donors (Lipinski definition) is 2. The molecule has 0 spiro atoms. The zero-order valence-electron chi connectivity index (χ0n) is 8.79. The fourth-order valence-corrected chi connectivity index (χ4v) is 3.32. The van der Waals surface area contributed by atoms with Crippen LogP contribution in [0.3, 0.4) is 0 Å². The van der Waals surface area contributed by atoms with Crippen LogP contribution in [-0.4, -0.2) is 16.4 Å². The van der Waals surface area contributed by atoms with E-state index in [1.54, 1.807) is 11.8 Å². The van der Waals surface area contributed by atoms with Crippen LogP contribution in [0.2, 0.25) is 0 Å². The minimum Gasteiger partial charge on any atom is -0.293 e. The second-order valence-corrected chi connectivity index (χ2v) is 5.31. The van der Waals surface area contributed by atoms with E-state index < -0.39 is 0 Å². The van der Waals surface area contributed by atoms with Crippen molar-refractivity contribution in [1.29, 1.82) is 0 Å². The smallest absolute Gasteiger partial charge is 0.246 e. The molecule has 1 fully saturated rings. The number of nitrogens with one attached hydrogen (secondary N) is 1. The first-order valence-electron chi connectivity index (χ1n) is 5.43. The van der Waals surface area contributed by atoms with Crippen molar-refractivity contribution in [2.45, 2.75) is 55.9 Å². The molecule has 0 aromatic heterocycles. The van der Waals surface area contributed by atoms with Gasteiger partial charge in [-0.05, 0) is 19.3 Å². The van der Waals surface area contributed by atoms with Crippen LogP contribution in [0.15, 0.2) is 0 Å². The number of rotatable bonds is 4. The van der Waals surface area contributed by atoms with E-state index in [-0.39, 0.29) is 11.2 Å². The molecular weight excluding hydrogens is 196 g/mol. The predicted octanol–water partition coefficient (Wildman–Crippen LogP) is 1.82. The Morgan fingerprint density at radius 2 is 2.14 bits per heavy atom. The molecule has 0 aromatic carbocycles. The van der Waals surface area contributed by atoms with Crippen molar-refractivity contribution in [3.63, 3.8) is 0 Å². The lowest BCUT2D eigenvalue weighted by Gasteiger charge is -2.24. The monoisotopic (exact) mass is 216 g/mol. The van der Waals surface area contributed by atoms with Crippen LogP contribution in [-0.2, 0) is 4.79 Å². The van der Waals surface area contributed by atoms with Gasteiger partial charge in [-0.2, -0.15) is 0 Å². The van der Waals surface area contributed by atoms with Crippen LogP contribution in [0.25, 0.3) is 0 Å². The van der Waals surface area contributed by atoms with E-state index in [1.807, 2.05) is 6.92 Å². The third-order valence-electron chi connectivity index (χ3n) is 2.71. The summed E-state index contributed by atoms with van der Waals surface area (Å²) in [6.07, 6.45) is 7.38. The summed E-state index contributed by atoms with van der Waals surface area (Å²) < 4.78 is 0. The van der Waals surface area contributed by atoms with Gasteiger partial charge in [0.2, 0.25) is 5.91 Å². The number of carbonyl (C=O) groups is 1. The van der Waals surface area contributed by atoms with E-state index in [0.717, 1.165) is 6.42 Å². The van der Waals surface area contributed by atoms with Gasteiger partial charge in [-0.3, -0.25) is 10.2 Å². The van der Waals surface area contributed by atoms with Crippen molar-refractivity contribution in [3.8, 4) is 0 Å². The molecule has 3 N–H and O–H groups in total. The molecule has 1 unspecified atom stereocenters. The van der Waals surface area contributed by atoms with Crippen LogP contribution in [0.5, 0.6) is 0 Å². The van der Waals surface area contributed by atoms with Gasteiger partial charge in [0.05, 0.1) is 5.25 Å². The van der Waals surface area contributed by atoms with Gasteiger partial charge in [-0.25, -0.2) is 5.84 Å². The average molecular weight is 216 g/mol. The quantitative estimate of drug-likeness (QED) is 0.428. The molecule has 0 heterocycles. The second-order valence-electron chi connectivity index (χ2n) is 3.80. The average Bonchev–Trinajstić information content (AvgIpc) is 2.26. The molecular formula is C10H20N2OS. The van der Waals surface area contributed by atoms with Crippen molar-refractivity contribution in [2.75, 3.05) is 0 Å². The van der Waals surface area contributed by atoms with E-state index in [0.29, 0.717) is 5.25 Å². The van der Waals surface area contributed by atoms with Crippen molar-refractivity contribution in [2.24, 2.45) is 5.84 Å². The van der Waals surface area contributed by atoms with Crippen LogP contribution < -0.4 is 11.3 Å². The van der Waals surface area contributed by atoms with Crippen molar-refractivity contribution >= 4 is 17.7 Å². The molecule has 0 radical (unpaired) electrons. The molecule has 1 amide bonds. The predicted molar refractivity (Wildman–Crippen MR) is 60.9 cm³/mol. The summed E-state index contributed by atoms with van der Waals surface area (Å²) in [4.78, 5) is 11.4. The van der Waals surface area contributed by atoms with Gasteiger partial charge in [0.15, 0.2) is 0 Å². The summed E-state index contributed by atoms with van der Waals surface area (Å²) in [6, 6.07) is 0. The minimum absolute atomic E-state index is 0.0249. The maximum Gasteiger partial charge on any atom is 0.246 e. The first-order chi connectivity index (χ1) is 6.77. The first-order valence-corrected chi connectivity index (χ1v) is 6.38. The Balaban J connectivity index is 2.34. The van der Waals surface area contributed by atoms with Gasteiger partial charge in [0.1, 0.15) is 0 Å². The van der Waals surface area contributed by atoms with Crippen molar-refractivity contribution < 1.29 is 4.79 Å². The Kier molecular flexibility index (Phi) is 5.33. The van der Waals surface area contributed by atoms with E-state index in [2.05, 4.69) is 5.43 Å². The molecule has 1 aliphatic rings. The maximum atomic E-state index is 11.4. The highest BCUT2D eigenvalue weighted by atomic mass is 32.2. The maximum absolute atomic E-state index is 11.4. The highest BCUT2D eigenvalue weighted by molar-refractivity contribution is 8.01. The topological polar surface area (TPSA) is 55.1 Å². The lowest BCUT2D eigenvalue weighted by Crippen LogP contribution is -2.38. The van der Waals surface area contributed by atoms with E-state index >= 15 is 0 Å². The van der Waals surface area contributed by atoms with Crippen molar-refractivity contribution in [1.82, 2.24) is 5.43 Å². The first kappa shape index (κ1) is 11.9. The molecule has 1 saturated carbocycles. The normalized spacial score (nSPS) is 20.4. The number of thioether (sulfide) groups is 1. The molecule has 4 heteroatoms. The summed E-state index contributed by atoms with van der Waals surface area (Å²) in [5.74, 6) is 5.12. The molecule has 1 atom stereocenters. The summed E-state index contributed by atoms with van der Waals surface area (Å²) in [7, 11) is 0. The molecule has 0 aliphatic heterocycles. The fourth-order valence-electron chi connectivity index (χ4n) is 1.87. The number of hydrogen-bond acceptors (Lipinski definition) is 3. The highest BCUT2D eigenvalue weighted by Crippen LogP contribution is 2.32. The summed E-state index contributed by atoms with van der Waals surface area (Å²) in [5.41, 5.74) is 2.25. The number of hydrazine groups is 1. The summed E-state index contributed by atoms with van der Waals surface area (Å²) >= 11 is 1.81. The number of nitrogens with two attached hydrogens (primary N) is 1. The SMILES string of the molecule is CCC(SC1CCCCC1)C(=O)NN. The zero-order chi connectivity index (χ0) is 10.4. The number of amides is 1. The minimum atomic E-state index is -0.0249. The van der Waals surface area contributed by atoms with Crippen molar-refractivity contribution in [3.05, 3.63) is 0 Å². The molecule has 14 heavy (non-hydrogen) atoms. The molecule has 0 aromatic rings. The zero-order valence-corrected chi connectivity index (χ0v) is 9.61. The van der Waals surface area contributed by atoms with Gasteiger partial charge in [0, 0.05) is 5.25 Å². The Morgan fingerprint density at radius 1 is 1.50 bits per heavy atom. The van der Waals surface area contributed by atoms with Gasteiger partial charge in [0.25, 0.3) is 0 Å². The molecule has 1 aliphatic carbocycles. The van der Waals surface area contributed by atoms with E-state index in [1.165, 1.54) is 32.1 Å². The molecule has 1 rings (SSSR count). The van der Waals surface area contributed by atoms with Crippen LogP contribution >= 0.6 is 11.8 Å². The van der Waals surface area contributed by atoms with Crippen LogP contribution in [0.1, 0.15) is 45.4 Å². The van der Waals surface area contributed by atoms with Gasteiger partial charge in [-0.15, -0.1) is 11.8 Å². The highest BCUT2D eigenvalue weighted by Gasteiger charge is 2.22. The lowest BCUT2D eigenvalue weighted by molar-refractivity contribution is -0.120. The Bertz CT molecular complexity index is 181. The van der Waals surface area contributed by atoms with E-state index in [9.17, 15) is 4.79 Å². The van der Waals surface area contributed by atoms with Gasteiger partial charge >= 0.3 is 0 Å². The van der Waals surface area contributed by atoms with E-state index in [4.69, 9.17) is 5.84 Å². The largest absolute Gasteiger partial charge is 0.293 e. The Labute approximate surface area is 90.2 Å². The fraction of sp³-hybridized carbons (Fsp3) is 0.900. The third kappa shape index (κ3) is 3.50. The van der Waals surface area contributed by atoms with Crippen LogP contribution in [0.4, 0.5) is 0 Å².